The second-order valence-corrected chi connectivity index (χ2v) is 4.83. The normalized spacial score (nSPS) is 20.9. The number of halogens is 1. The van der Waals surface area contributed by atoms with Crippen LogP contribution in [0.25, 0.3) is 0 Å². The van der Waals surface area contributed by atoms with Gasteiger partial charge >= 0.3 is 5.97 Å². The maximum Gasteiger partial charge on any atom is 0.373 e. The van der Waals surface area contributed by atoms with Crippen molar-refractivity contribution in [3.05, 3.63) is 64.7 Å². The maximum atomic E-state index is 11.1. The van der Waals surface area contributed by atoms with Crippen LogP contribution in [0.4, 0.5) is 0 Å². The van der Waals surface area contributed by atoms with E-state index in [0.29, 0.717) is 10.8 Å². The highest BCUT2D eigenvalue weighted by atomic mass is 35.5. The number of ether oxygens (including phenoxy) is 2. The van der Waals surface area contributed by atoms with E-state index in [0.717, 1.165) is 11.1 Å². The average molecular weight is 291 g/mol. The van der Waals surface area contributed by atoms with Crippen molar-refractivity contribution >= 4 is 17.6 Å². The third kappa shape index (κ3) is 2.35. The lowest BCUT2D eigenvalue weighted by atomic mass is 9.99. The SMILES string of the molecule is O=C(O)C1Oc2ccc(Cl)cc2C(c2ccccc2)O1. The molecule has 1 heterocycles. The van der Waals surface area contributed by atoms with Crippen molar-refractivity contribution in [1.82, 2.24) is 0 Å². The Balaban J connectivity index is 2.08. The summed E-state index contributed by atoms with van der Waals surface area (Å²) in [6.07, 6.45) is -1.84. The van der Waals surface area contributed by atoms with Crippen molar-refractivity contribution < 1.29 is 19.4 Å². The first kappa shape index (κ1) is 13.0. The summed E-state index contributed by atoms with van der Waals surface area (Å²) in [6, 6.07) is 14.4. The Morgan fingerprint density at radius 1 is 1.15 bits per heavy atom. The third-order valence-corrected chi connectivity index (χ3v) is 3.29. The van der Waals surface area contributed by atoms with E-state index >= 15 is 0 Å². The Bertz CT molecular complexity index is 642. The van der Waals surface area contributed by atoms with Crippen LogP contribution in [0.15, 0.2) is 48.5 Å². The van der Waals surface area contributed by atoms with E-state index in [1.807, 2.05) is 30.3 Å². The van der Waals surface area contributed by atoms with Gasteiger partial charge in [0.05, 0.1) is 0 Å². The average Bonchev–Trinajstić information content (AvgIpc) is 2.47. The van der Waals surface area contributed by atoms with Gasteiger partial charge in [0.2, 0.25) is 0 Å². The molecule has 0 saturated carbocycles. The zero-order chi connectivity index (χ0) is 14.1. The molecule has 0 bridgehead atoms. The molecule has 5 heteroatoms. The molecule has 2 atom stereocenters. The number of fused-ring (bicyclic) bond motifs is 1. The Morgan fingerprint density at radius 2 is 1.90 bits per heavy atom. The molecule has 0 aromatic heterocycles. The fraction of sp³-hybridized carbons (Fsp3) is 0.133. The number of carbonyl (C=O) groups is 1. The fourth-order valence-corrected chi connectivity index (χ4v) is 2.35. The van der Waals surface area contributed by atoms with Crippen LogP contribution in [-0.4, -0.2) is 17.4 Å². The maximum absolute atomic E-state index is 11.1. The van der Waals surface area contributed by atoms with Crippen LogP contribution in [0, 0.1) is 0 Å². The molecule has 20 heavy (non-hydrogen) atoms. The van der Waals surface area contributed by atoms with Gasteiger partial charge in [-0.2, -0.15) is 0 Å². The Hall–Kier alpha value is -2.04. The van der Waals surface area contributed by atoms with Gasteiger partial charge in [-0.25, -0.2) is 4.79 Å². The Labute approximate surface area is 120 Å². The highest BCUT2D eigenvalue weighted by Crippen LogP contribution is 2.39. The first-order chi connectivity index (χ1) is 9.65. The van der Waals surface area contributed by atoms with Gasteiger partial charge < -0.3 is 14.6 Å². The van der Waals surface area contributed by atoms with Gasteiger partial charge in [-0.1, -0.05) is 41.9 Å². The van der Waals surface area contributed by atoms with Crippen LogP contribution < -0.4 is 4.74 Å². The molecule has 0 aliphatic carbocycles. The van der Waals surface area contributed by atoms with E-state index in [2.05, 4.69) is 0 Å². The Kier molecular flexibility index (Phi) is 3.34. The summed E-state index contributed by atoms with van der Waals surface area (Å²) >= 11 is 6.00. The number of carboxylic acids is 1. The molecule has 2 aromatic rings. The number of benzene rings is 2. The van der Waals surface area contributed by atoms with E-state index in [-0.39, 0.29) is 0 Å². The van der Waals surface area contributed by atoms with Crippen LogP contribution in [0.1, 0.15) is 17.2 Å². The molecule has 4 nitrogen and oxygen atoms in total. The molecule has 0 fully saturated rings. The number of rotatable bonds is 2. The van der Waals surface area contributed by atoms with Crippen molar-refractivity contribution in [2.45, 2.75) is 12.4 Å². The third-order valence-electron chi connectivity index (χ3n) is 3.05. The molecule has 2 unspecified atom stereocenters. The quantitative estimate of drug-likeness (QED) is 0.922. The minimum Gasteiger partial charge on any atom is -0.477 e. The predicted molar refractivity (Wildman–Crippen MR) is 72.9 cm³/mol. The summed E-state index contributed by atoms with van der Waals surface area (Å²) in [5.74, 6) is -0.687. The molecule has 0 amide bonds. The summed E-state index contributed by atoms with van der Waals surface area (Å²) in [4.78, 5) is 11.1. The van der Waals surface area contributed by atoms with E-state index in [4.69, 9.17) is 26.2 Å². The molecule has 1 N–H and O–H groups in total. The summed E-state index contributed by atoms with van der Waals surface area (Å²) in [5, 5.41) is 9.65. The van der Waals surface area contributed by atoms with Crippen molar-refractivity contribution in [3.8, 4) is 5.75 Å². The molecule has 1 aliphatic rings. The van der Waals surface area contributed by atoms with Gasteiger partial charge in [0.25, 0.3) is 6.29 Å². The van der Waals surface area contributed by atoms with Gasteiger partial charge in [0.15, 0.2) is 0 Å². The number of hydrogen-bond donors (Lipinski definition) is 1. The monoisotopic (exact) mass is 290 g/mol. The predicted octanol–water partition coefficient (Wildman–Crippen LogP) is 3.25. The second-order valence-electron chi connectivity index (χ2n) is 4.40. The lowest BCUT2D eigenvalue weighted by molar-refractivity contribution is -0.183. The van der Waals surface area contributed by atoms with Crippen LogP contribution in [0.5, 0.6) is 5.75 Å². The van der Waals surface area contributed by atoms with Crippen LogP contribution >= 0.6 is 11.6 Å². The zero-order valence-corrected chi connectivity index (χ0v) is 11.1. The molecule has 3 rings (SSSR count). The molecular formula is C15H11ClO4. The van der Waals surface area contributed by atoms with Gasteiger partial charge in [-0.15, -0.1) is 0 Å². The van der Waals surface area contributed by atoms with Crippen LogP contribution in [-0.2, 0) is 9.53 Å². The first-order valence-electron chi connectivity index (χ1n) is 6.04. The fourth-order valence-electron chi connectivity index (χ4n) is 2.17. The summed E-state index contributed by atoms with van der Waals surface area (Å²) in [5.41, 5.74) is 1.58. The van der Waals surface area contributed by atoms with Gasteiger partial charge in [-0.3, -0.25) is 0 Å². The van der Waals surface area contributed by atoms with Gasteiger partial charge in [-0.05, 0) is 23.8 Å². The molecular weight excluding hydrogens is 280 g/mol. The molecule has 0 saturated heterocycles. The van der Waals surface area contributed by atoms with Gasteiger partial charge in [0, 0.05) is 10.6 Å². The lowest BCUT2D eigenvalue weighted by Gasteiger charge is -2.30. The number of aliphatic carboxylic acids is 1. The highest BCUT2D eigenvalue weighted by Gasteiger charge is 2.34. The van der Waals surface area contributed by atoms with Crippen molar-refractivity contribution in [2.24, 2.45) is 0 Å². The van der Waals surface area contributed by atoms with Crippen LogP contribution in [0.2, 0.25) is 5.02 Å². The van der Waals surface area contributed by atoms with E-state index < -0.39 is 18.4 Å². The topological polar surface area (TPSA) is 55.8 Å². The summed E-state index contributed by atoms with van der Waals surface area (Å²) < 4.78 is 10.9. The van der Waals surface area contributed by atoms with Crippen molar-refractivity contribution in [2.75, 3.05) is 0 Å². The first-order valence-corrected chi connectivity index (χ1v) is 6.42. The highest BCUT2D eigenvalue weighted by molar-refractivity contribution is 6.30. The minimum atomic E-state index is -1.33. The van der Waals surface area contributed by atoms with Crippen LogP contribution in [0.3, 0.4) is 0 Å². The molecule has 0 radical (unpaired) electrons. The smallest absolute Gasteiger partial charge is 0.373 e. The van der Waals surface area contributed by atoms with E-state index in [1.54, 1.807) is 18.2 Å². The molecule has 102 valence electrons. The summed E-state index contributed by atoms with van der Waals surface area (Å²) in [7, 11) is 0. The summed E-state index contributed by atoms with van der Waals surface area (Å²) in [6.45, 7) is 0. The lowest BCUT2D eigenvalue weighted by Crippen LogP contribution is -2.35. The minimum absolute atomic E-state index is 0.474. The molecule has 1 aliphatic heterocycles. The molecule has 0 spiro atoms. The zero-order valence-electron chi connectivity index (χ0n) is 10.3. The van der Waals surface area contributed by atoms with E-state index in [1.165, 1.54) is 0 Å². The van der Waals surface area contributed by atoms with Gasteiger partial charge in [0.1, 0.15) is 11.9 Å². The second kappa shape index (κ2) is 5.15. The van der Waals surface area contributed by atoms with E-state index in [9.17, 15) is 4.79 Å². The molecule has 2 aromatic carbocycles. The van der Waals surface area contributed by atoms with Crippen molar-refractivity contribution in [3.63, 3.8) is 0 Å². The number of hydrogen-bond acceptors (Lipinski definition) is 3. The Morgan fingerprint density at radius 3 is 2.60 bits per heavy atom. The standard InChI is InChI=1S/C15H11ClO4/c16-10-6-7-12-11(8-10)13(9-4-2-1-3-5-9)20-15(19-12)14(17)18/h1-8,13,15H,(H,17,18). The number of carboxylic acid groups (broad SMARTS) is 1. The van der Waals surface area contributed by atoms with Crippen molar-refractivity contribution in [1.29, 1.82) is 0 Å². The largest absolute Gasteiger partial charge is 0.477 e.